The highest BCUT2D eigenvalue weighted by atomic mass is 19.1. The van der Waals surface area contributed by atoms with Crippen LogP contribution in [0.1, 0.15) is 164 Å². The minimum absolute atomic E-state index is 0.0637. The fourth-order valence-corrected chi connectivity index (χ4v) is 9.65. The zero-order valence-corrected chi connectivity index (χ0v) is 34.7. The Labute approximate surface area is 341 Å². The number of benzene rings is 4. The van der Waals surface area contributed by atoms with E-state index in [4.69, 9.17) is 4.74 Å². The fourth-order valence-electron chi connectivity index (χ4n) is 9.65. The molecule has 0 N–H and O–H groups in total. The SMILES string of the molecule is CCCCCC1CCC(c2ccc(-c3cc(F)c(CCCOCCCc4c(F)cc(-c5ccc(C6CCC(CCCCC)CC6)cc5)cc4F)c(F)c3)cc2)CC1. The van der Waals surface area contributed by atoms with Gasteiger partial charge in [0.25, 0.3) is 0 Å². The van der Waals surface area contributed by atoms with Gasteiger partial charge in [-0.15, -0.1) is 0 Å². The highest BCUT2D eigenvalue weighted by molar-refractivity contribution is 5.65. The van der Waals surface area contributed by atoms with E-state index >= 15 is 17.6 Å². The summed E-state index contributed by atoms with van der Waals surface area (Å²) < 4.78 is 66.3. The lowest BCUT2D eigenvalue weighted by atomic mass is 9.77. The summed E-state index contributed by atoms with van der Waals surface area (Å²) in [6, 6.07) is 22.2. The molecule has 0 amide bonds. The van der Waals surface area contributed by atoms with Crippen molar-refractivity contribution in [1.82, 2.24) is 0 Å². The summed E-state index contributed by atoms with van der Waals surface area (Å²) in [5, 5.41) is 0. The van der Waals surface area contributed by atoms with Gasteiger partial charge in [0.2, 0.25) is 0 Å². The van der Waals surface area contributed by atoms with E-state index in [1.54, 1.807) is 0 Å². The van der Waals surface area contributed by atoms with Crippen LogP contribution in [0.5, 0.6) is 0 Å². The molecule has 6 rings (SSSR count). The van der Waals surface area contributed by atoms with Crippen LogP contribution >= 0.6 is 0 Å². The average molecular weight is 783 g/mol. The van der Waals surface area contributed by atoms with Gasteiger partial charge < -0.3 is 4.74 Å². The van der Waals surface area contributed by atoms with Crippen molar-refractivity contribution in [2.24, 2.45) is 11.8 Å². The van der Waals surface area contributed by atoms with Gasteiger partial charge in [0.1, 0.15) is 23.3 Å². The standard InChI is InChI=1S/C52H66F4O/c1-3-5-7-11-37-15-19-39(20-16-37)41-23-27-43(28-24-41)45-33-49(53)47(50(54)34-45)13-9-31-57-32-10-14-48-51(55)35-46(36-52(48)56)44-29-25-42(26-30-44)40-21-17-38(18-22-40)12-8-6-4-2/h23-30,33-40H,3-22,31-32H2,1-2H3. The smallest absolute Gasteiger partial charge is 0.129 e. The summed E-state index contributed by atoms with van der Waals surface area (Å²) in [4.78, 5) is 0. The van der Waals surface area contributed by atoms with Crippen LogP contribution in [0.4, 0.5) is 17.6 Å². The molecule has 0 aromatic heterocycles. The average Bonchev–Trinajstić information content (AvgIpc) is 3.23. The third-order valence-corrected chi connectivity index (χ3v) is 13.3. The monoisotopic (exact) mass is 783 g/mol. The number of ether oxygens (including phenoxy) is 1. The Kier molecular flexibility index (Phi) is 16.7. The first-order chi connectivity index (χ1) is 27.8. The molecule has 0 spiro atoms. The van der Waals surface area contributed by atoms with Crippen molar-refractivity contribution < 1.29 is 22.3 Å². The van der Waals surface area contributed by atoms with Gasteiger partial charge in [0, 0.05) is 24.3 Å². The van der Waals surface area contributed by atoms with Gasteiger partial charge in [0.05, 0.1) is 0 Å². The first-order valence-corrected chi connectivity index (χ1v) is 22.6. The summed E-state index contributed by atoms with van der Waals surface area (Å²) in [6.07, 6.45) is 22.0. The van der Waals surface area contributed by atoms with Crippen LogP contribution in [0.3, 0.4) is 0 Å². The topological polar surface area (TPSA) is 9.23 Å². The zero-order valence-electron chi connectivity index (χ0n) is 34.7. The van der Waals surface area contributed by atoms with Gasteiger partial charge in [-0.25, -0.2) is 17.6 Å². The van der Waals surface area contributed by atoms with Gasteiger partial charge >= 0.3 is 0 Å². The van der Waals surface area contributed by atoms with Gasteiger partial charge in [-0.1, -0.05) is 114 Å². The molecule has 2 saturated carbocycles. The molecule has 0 atom stereocenters. The van der Waals surface area contributed by atoms with E-state index in [-0.39, 0.29) is 24.0 Å². The molecular weight excluding hydrogens is 717 g/mol. The molecule has 2 fully saturated rings. The molecule has 0 saturated heterocycles. The molecule has 0 heterocycles. The second-order valence-electron chi connectivity index (χ2n) is 17.3. The molecule has 0 radical (unpaired) electrons. The second kappa shape index (κ2) is 22.1. The highest BCUT2D eigenvalue weighted by Gasteiger charge is 2.24. The van der Waals surface area contributed by atoms with Crippen molar-refractivity contribution in [2.45, 2.75) is 154 Å². The summed E-state index contributed by atoms with van der Waals surface area (Å²) in [7, 11) is 0. The lowest BCUT2D eigenvalue weighted by molar-refractivity contribution is 0.129. The van der Waals surface area contributed by atoms with E-state index in [9.17, 15) is 0 Å². The number of unbranched alkanes of at least 4 members (excludes halogenated alkanes) is 4. The Morgan fingerprint density at radius 2 is 0.789 bits per heavy atom. The molecule has 2 aliphatic carbocycles. The normalized spacial score (nSPS) is 19.9. The van der Waals surface area contributed by atoms with Gasteiger partial charge in [-0.05, 0) is 158 Å². The van der Waals surface area contributed by atoms with Crippen molar-refractivity contribution in [2.75, 3.05) is 13.2 Å². The van der Waals surface area contributed by atoms with Crippen molar-refractivity contribution >= 4 is 0 Å². The van der Waals surface area contributed by atoms with Crippen LogP contribution in [0.25, 0.3) is 22.3 Å². The first-order valence-electron chi connectivity index (χ1n) is 22.6. The van der Waals surface area contributed by atoms with E-state index < -0.39 is 23.3 Å². The fraction of sp³-hybridized carbons (Fsp3) is 0.538. The molecule has 4 aromatic carbocycles. The largest absolute Gasteiger partial charge is 0.381 e. The Bertz CT molecular complexity index is 1620. The number of hydrogen-bond acceptors (Lipinski definition) is 1. The summed E-state index contributed by atoms with van der Waals surface area (Å²) in [5.41, 5.74) is 5.50. The lowest BCUT2D eigenvalue weighted by Crippen LogP contribution is -2.13. The Morgan fingerprint density at radius 3 is 1.12 bits per heavy atom. The Hall–Kier alpha value is -3.44. The molecule has 0 bridgehead atoms. The first kappa shape index (κ1) is 43.1. The predicted octanol–water partition coefficient (Wildman–Crippen LogP) is 15.9. The van der Waals surface area contributed by atoms with Crippen LogP contribution in [-0.4, -0.2) is 13.2 Å². The van der Waals surface area contributed by atoms with Gasteiger partial charge in [-0.3, -0.25) is 0 Å². The van der Waals surface area contributed by atoms with Crippen LogP contribution in [0.15, 0.2) is 72.8 Å². The van der Waals surface area contributed by atoms with E-state index in [2.05, 4.69) is 38.1 Å². The maximum Gasteiger partial charge on any atom is 0.129 e. The van der Waals surface area contributed by atoms with E-state index in [0.29, 0.717) is 49.0 Å². The predicted molar refractivity (Wildman–Crippen MR) is 229 cm³/mol. The zero-order chi connectivity index (χ0) is 40.0. The highest BCUT2D eigenvalue weighted by Crippen LogP contribution is 2.40. The van der Waals surface area contributed by atoms with Crippen LogP contribution in [0.2, 0.25) is 0 Å². The molecule has 1 nitrogen and oxygen atoms in total. The third kappa shape index (κ3) is 12.3. The minimum atomic E-state index is -0.545. The quantitative estimate of drug-likeness (QED) is 0.0641. The summed E-state index contributed by atoms with van der Waals surface area (Å²) >= 11 is 0. The van der Waals surface area contributed by atoms with E-state index in [1.165, 1.54) is 138 Å². The molecule has 5 heteroatoms. The Morgan fingerprint density at radius 1 is 0.439 bits per heavy atom. The minimum Gasteiger partial charge on any atom is -0.381 e. The molecule has 57 heavy (non-hydrogen) atoms. The van der Waals surface area contributed by atoms with Gasteiger partial charge in [0.15, 0.2) is 0 Å². The van der Waals surface area contributed by atoms with Crippen molar-refractivity contribution in [3.63, 3.8) is 0 Å². The maximum absolute atomic E-state index is 15.1. The number of hydrogen-bond donors (Lipinski definition) is 0. The molecular formula is C52H66F4O. The maximum atomic E-state index is 15.1. The molecule has 308 valence electrons. The van der Waals surface area contributed by atoms with Crippen molar-refractivity contribution in [1.29, 1.82) is 0 Å². The Balaban J connectivity index is 0.903. The molecule has 0 unspecified atom stereocenters. The lowest BCUT2D eigenvalue weighted by Gasteiger charge is -2.29. The molecule has 2 aliphatic rings. The van der Waals surface area contributed by atoms with Crippen LogP contribution < -0.4 is 0 Å². The molecule has 4 aromatic rings. The van der Waals surface area contributed by atoms with E-state index in [0.717, 1.165) is 23.0 Å². The summed E-state index contributed by atoms with van der Waals surface area (Å²) in [5.74, 6) is 0.688. The third-order valence-electron chi connectivity index (χ3n) is 13.3. The van der Waals surface area contributed by atoms with Crippen LogP contribution in [-0.2, 0) is 17.6 Å². The number of halogens is 4. The number of rotatable bonds is 20. The summed E-state index contributed by atoms with van der Waals surface area (Å²) in [6.45, 7) is 5.13. The second-order valence-corrected chi connectivity index (χ2v) is 17.3. The molecule has 0 aliphatic heterocycles. The van der Waals surface area contributed by atoms with Crippen LogP contribution in [0, 0.1) is 35.1 Å². The van der Waals surface area contributed by atoms with E-state index in [1.807, 2.05) is 24.3 Å². The van der Waals surface area contributed by atoms with Gasteiger partial charge in [-0.2, -0.15) is 0 Å². The van der Waals surface area contributed by atoms with Crippen molar-refractivity contribution in [3.8, 4) is 22.3 Å². The van der Waals surface area contributed by atoms with Crippen molar-refractivity contribution in [3.05, 3.63) is 118 Å².